The fraction of sp³-hybridized carbons (Fsp3) is 0.500. The molecule has 3 N–H and O–H groups in total. The second-order valence-electron chi connectivity index (χ2n) is 5.79. The van der Waals surface area contributed by atoms with Gasteiger partial charge < -0.3 is 11.1 Å². The van der Waals surface area contributed by atoms with E-state index in [0.29, 0.717) is 6.54 Å². The van der Waals surface area contributed by atoms with E-state index in [-0.39, 0.29) is 17.6 Å². The highest BCUT2D eigenvalue weighted by molar-refractivity contribution is 5.93. The molecule has 0 bridgehead atoms. The third kappa shape index (κ3) is 2.64. The average Bonchev–Trinajstić information content (AvgIpc) is 2.27. The molecule has 2 rings (SSSR count). The SMILES string of the molecule is CC(C)(C)NC(=O)N1CCC(N)c2ccccc21. The molecular formula is C14H21N3O. The number of carbonyl (C=O) groups excluding carboxylic acids is 1. The maximum Gasteiger partial charge on any atom is 0.322 e. The molecule has 0 fully saturated rings. The van der Waals surface area contributed by atoms with Crippen molar-refractivity contribution in [2.75, 3.05) is 11.4 Å². The summed E-state index contributed by atoms with van der Waals surface area (Å²) in [6, 6.07) is 7.83. The van der Waals surface area contributed by atoms with Crippen molar-refractivity contribution >= 4 is 11.7 Å². The van der Waals surface area contributed by atoms with Crippen LogP contribution in [0.25, 0.3) is 0 Å². The zero-order valence-corrected chi connectivity index (χ0v) is 11.2. The van der Waals surface area contributed by atoms with Crippen LogP contribution >= 0.6 is 0 Å². The first-order valence-electron chi connectivity index (χ1n) is 6.33. The number of hydrogen-bond donors (Lipinski definition) is 2. The summed E-state index contributed by atoms with van der Waals surface area (Å²) in [7, 11) is 0. The van der Waals surface area contributed by atoms with Crippen LogP contribution < -0.4 is 16.0 Å². The molecule has 0 aromatic heterocycles. The quantitative estimate of drug-likeness (QED) is 0.739. The van der Waals surface area contributed by atoms with Crippen LogP contribution in [0.1, 0.15) is 38.8 Å². The van der Waals surface area contributed by atoms with Gasteiger partial charge in [0.25, 0.3) is 0 Å². The minimum atomic E-state index is -0.231. The number of fused-ring (bicyclic) bond motifs is 1. The summed E-state index contributed by atoms with van der Waals surface area (Å²) >= 11 is 0. The first-order valence-corrected chi connectivity index (χ1v) is 6.33. The lowest BCUT2D eigenvalue weighted by molar-refractivity contribution is 0.237. The Labute approximate surface area is 108 Å². The van der Waals surface area contributed by atoms with Gasteiger partial charge in [-0.05, 0) is 38.8 Å². The summed E-state index contributed by atoms with van der Waals surface area (Å²) in [6.07, 6.45) is 0.800. The molecule has 0 aliphatic carbocycles. The monoisotopic (exact) mass is 247 g/mol. The van der Waals surface area contributed by atoms with Gasteiger partial charge in [0.15, 0.2) is 0 Å². The number of nitrogens with two attached hydrogens (primary N) is 1. The molecule has 1 unspecified atom stereocenters. The van der Waals surface area contributed by atoms with Gasteiger partial charge in [0.2, 0.25) is 0 Å². The highest BCUT2D eigenvalue weighted by Gasteiger charge is 2.28. The Morgan fingerprint density at radius 2 is 2.06 bits per heavy atom. The van der Waals surface area contributed by atoms with E-state index in [4.69, 9.17) is 5.73 Å². The van der Waals surface area contributed by atoms with Gasteiger partial charge in [-0.2, -0.15) is 0 Å². The highest BCUT2D eigenvalue weighted by Crippen LogP contribution is 2.32. The van der Waals surface area contributed by atoms with Gasteiger partial charge >= 0.3 is 6.03 Å². The van der Waals surface area contributed by atoms with Crippen LogP contribution in [0, 0.1) is 0 Å². The van der Waals surface area contributed by atoms with Crippen LogP contribution in [0.2, 0.25) is 0 Å². The normalized spacial score (nSPS) is 19.3. The minimum absolute atomic E-state index is 0.0277. The fourth-order valence-electron chi connectivity index (χ4n) is 2.19. The van der Waals surface area contributed by atoms with Crippen molar-refractivity contribution in [3.05, 3.63) is 29.8 Å². The molecule has 0 radical (unpaired) electrons. The van der Waals surface area contributed by atoms with Crippen molar-refractivity contribution in [1.82, 2.24) is 5.32 Å². The second-order valence-corrected chi connectivity index (χ2v) is 5.79. The lowest BCUT2D eigenvalue weighted by atomic mass is 9.97. The van der Waals surface area contributed by atoms with Crippen LogP contribution in [0.15, 0.2) is 24.3 Å². The van der Waals surface area contributed by atoms with E-state index in [1.807, 2.05) is 45.0 Å². The lowest BCUT2D eigenvalue weighted by Crippen LogP contribution is -2.50. The number of benzene rings is 1. The number of urea groups is 1. The van der Waals surface area contributed by atoms with Gasteiger partial charge in [-0.3, -0.25) is 4.90 Å². The number of para-hydroxylation sites is 1. The van der Waals surface area contributed by atoms with Gasteiger partial charge in [0.1, 0.15) is 0 Å². The molecule has 1 aliphatic heterocycles. The van der Waals surface area contributed by atoms with Gasteiger partial charge in [0.05, 0.1) is 5.69 Å². The third-order valence-corrected chi connectivity index (χ3v) is 3.02. The van der Waals surface area contributed by atoms with Gasteiger partial charge in [-0.1, -0.05) is 18.2 Å². The van der Waals surface area contributed by atoms with Crippen LogP contribution in [0.5, 0.6) is 0 Å². The van der Waals surface area contributed by atoms with E-state index in [0.717, 1.165) is 17.7 Å². The Morgan fingerprint density at radius 3 is 2.72 bits per heavy atom. The third-order valence-electron chi connectivity index (χ3n) is 3.02. The molecule has 2 amide bonds. The van der Waals surface area contributed by atoms with Gasteiger partial charge in [0, 0.05) is 18.1 Å². The van der Waals surface area contributed by atoms with E-state index in [1.165, 1.54) is 0 Å². The number of carbonyl (C=O) groups is 1. The number of nitrogens with zero attached hydrogens (tertiary/aromatic N) is 1. The summed E-state index contributed by atoms with van der Waals surface area (Å²) in [5, 5.41) is 2.99. The Morgan fingerprint density at radius 1 is 1.39 bits per heavy atom. The summed E-state index contributed by atoms with van der Waals surface area (Å²) in [6.45, 7) is 6.60. The Bertz CT molecular complexity index is 451. The van der Waals surface area contributed by atoms with Crippen molar-refractivity contribution < 1.29 is 4.79 Å². The molecule has 0 spiro atoms. The smallest absolute Gasteiger partial charge is 0.322 e. The Balaban J connectivity index is 2.26. The summed E-state index contributed by atoms with van der Waals surface area (Å²) in [5.41, 5.74) is 7.82. The molecule has 0 saturated carbocycles. The molecule has 1 aliphatic rings. The van der Waals surface area contributed by atoms with Crippen LogP contribution in [0.3, 0.4) is 0 Å². The second kappa shape index (κ2) is 4.61. The summed E-state index contributed by atoms with van der Waals surface area (Å²) < 4.78 is 0. The molecule has 1 heterocycles. The average molecular weight is 247 g/mol. The first-order chi connectivity index (χ1) is 8.38. The number of amides is 2. The summed E-state index contributed by atoms with van der Waals surface area (Å²) in [4.78, 5) is 14.0. The predicted octanol–water partition coefficient (Wildman–Crippen LogP) is 2.40. The van der Waals surface area contributed by atoms with Crippen LogP contribution in [-0.4, -0.2) is 18.1 Å². The maximum atomic E-state index is 12.3. The zero-order valence-electron chi connectivity index (χ0n) is 11.2. The van der Waals surface area contributed by atoms with Crippen molar-refractivity contribution in [2.45, 2.75) is 38.8 Å². The Kier molecular flexibility index (Phi) is 3.30. The summed E-state index contributed by atoms with van der Waals surface area (Å²) in [5.74, 6) is 0. The number of hydrogen-bond acceptors (Lipinski definition) is 2. The number of anilines is 1. The standard InChI is InChI=1S/C14H21N3O/c1-14(2,3)16-13(18)17-9-8-11(15)10-6-4-5-7-12(10)17/h4-7,11H,8-9,15H2,1-3H3,(H,16,18). The van der Waals surface area contributed by atoms with E-state index in [9.17, 15) is 4.79 Å². The molecular weight excluding hydrogens is 226 g/mol. The van der Waals surface area contributed by atoms with Gasteiger partial charge in [-0.15, -0.1) is 0 Å². The van der Waals surface area contributed by atoms with Crippen molar-refractivity contribution in [1.29, 1.82) is 0 Å². The van der Waals surface area contributed by atoms with E-state index in [1.54, 1.807) is 4.90 Å². The van der Waals surface area contributed by atoms with E-state index in [2.05, 4.69) is 5.32 Å². The molecule has 1 aromatic carbocycles. The molecule has 0 saturated heterocycles. The maximum absolute atomic E-state index is 12.3. The number of nitrogens with one attached hydrogen (secondary N) is 1. The predicted molar refractivity (Wildman–Crippen MR) is 73.6 cm³/mol. The topological polar surface area (TPSA) is 58.4 Å². The molecule has 98 valence electrons. The molecule has 1 aromatic rings. The van der Waals surface area contributed by atoms with Gasteiger partial charge in [-0.25, -0.2) is 4.79 Å². The van der Waals surface area contributed by atoms with Crippen LogP contribution in [0.4, 0.5) is 10.5 Å². The van der Waals surface area contributed by atoms with Crippen molar-refractivity contribution in [3.8, 4) is 0 Å². The van der Waals surface area contributed by atoms with Crippen molar-refractivity contribution in [2.24, 2.45) is 5.73 Å². The highest BCUT2D eigenvalue weighted by atomic mass is 16.2. The van der Waals surface area contributed by atoms with Crippen molar-refractivity contribution in [3.63, 3.8) is 0 Å². The fourth-order valence-corrected chi connectivity index (χ4v) is 2.19. The molecule has 18 heavy (non-hydrogen) atoms. The lowest BCUT2D eigenvalue weighted by Gasteiger charge is -2.34. The first kappa shape index (κ1) is 12.9. The zero-order chi connectivity index (χ0) is 13.3. The molecule has 4 heteroatoms. The van der Waals surface area contributed by atoms with Crippen LogP contribution in [-0.2, 0) is 0 Å². The molecule has 4 nitrogen and oxygen atoms in total. The van der Waals surface area contributed by atoms with E-state index < -0.39 is 0 Å². The van der Waals surface area contributed by atoms with E-state index >= 15 is 0 Å². The molecule has 1 atom stereocenters. The number of rotatable bonds is 0. The Hall–Kier alpha value is -1.55. The largest absolute Gasteiger partial charge is 0.333 e. The minimum Gasteiger partial charge on any atom is -0.333 e.